The van der Waals surface area contributed by atoms with Crippen LogP contribution in [0.3, 0.4) is 0 Å². The largest absolute Gasteiger partial charge is 0.337 e. The van der Waals surface area contributed by atoms with Gasteiger partial charge in [-0.3, -0.25) is 4.90 Å². The number of aryl methyl sites for hydroxylation is 1. The molecular formula is C16H23FN4. The van der Waals surface area contributed by atoms with Gasteiger partial charge in [-0.05, 0) is 32.0 Å². The van der Waals surface area contributed by atoms with Crippen LogP contribution in [0.2, 0.25) is 0 Å². The first-order valence-corrected chi connectivity index (χ1v) is 7.07. The van der Waals surface area contributed by atoms with E-state index in [0.29, 0.717) is 25.1 Å². The summed E-state index contributed by atoms with van der Waals surface area (Å²) in [5.41, 5.74) is 6.35. The van der Waals surface area contributed by atoms with Crippen LogP contribution in [0.25, 0.3) is 0 Å². The zero-order valence-electron chi connectivity index (χ0n) is 12.9. The molecule has 1 aromatic heterocycles. The SMILES string of the molecule is CN(Cc1nccn1C)C(C)(CN)Cc1ccccc1F. The van der Waals surface area contributed by atoms with Gasteiger partial charge >= 0.3 is 0 Å². The van der Waals surface area contributed by atoms with Gasteiger partial charge in [-0.1, -0.05) is 18.2 Å². The topological polar surface area (TPSA) is 47.1 Å². The monoisotopic (exact) mass is 290 g/mol. The minimum absolute atomic E-state index is 0.178. The Morgan fingerprint density at radius 2 is 2.10 bits per heavy atom. The molecule has 2 N–H and O–H groups in total. The number of nitrogens with zero attached hydrogens (tertiary/aromatic N) is 3. The molecule has 1 atom stereocenters. The van der Waals surface area contributed by atoms with E-state index in [9.17, 15) is 4.39 Å². The second-order valence-electron chi connectivity index (χ2n) is 5.78. The molecule has 0 spiro atoms. The molecular weight excluding hydrogens is 267 g/mol. The minimum atomic E-state index is -0.325. The van der Waals surface area contributed by atoms with E-state index in [2.05, 4.69) is 16.8 Å². The average Bonchev–Trinajstić information content (AvgIpc) is 2.86. The molecule has 1 unspecified atom stereocenters. The quantitative estimate of drug-likeness (QED) is 0.884. The van der Waals surface area contributed by atoms with E-state index in [1.807, 2.05) is 37.0 Å². The van der Waals surface area contributed by atoms with Crippen LogP contribution in [-0.4, -0.2) is 33.6 Å². The highest BCUT2D eigenvalue weighted by Gasteiger charge is 2.29. The summed E-state index contributed by atoms with van der Waals surface area (Å²) >= 11 is 0. The Labute approximate surface area is 125 Å². The standard InChI is InChI=1S/C16H23FN4/c1-16(12-18,10-13-6-4-5-7-14(13)17)21(3)11-15-19-8-9-20(15)2/h4-9H,10-12,18H2,1-3H3. The van der Waals surface area contributed by atoms with Gasteiger partial charge in [0.15, 0.2) is 0 Å². The van der Waals surface area contributed by atoms with Crippen molar-refractivity contribution < 1.29 is 4.39 Å². The molecule has 1 heterocycles. The van der Waals surface area contributed by atoms with Gasteiger partial charge in [0.25, 0.3) is 0 Å². The summed E-state index contributed by atoms with van der Waals surface area (Å²) in [5, 5.41) is 0. The first-order chi connectivity index (χ1) is 9.96. The zero-order chi connectivity index (χ0) is 15.5. The Bertz CT molecular complexity index is 595. The van der Waals surface area contributed by atoms with E-state index in [4.69, 9.17) is 5.73 Å². The number of likely N-dealkylation sites (N-methyl/N-ethyl adjacent to an activating group) is 1. The maximum absolute atomic E-state index is 13.9. The lowest BCUT2D eigenvalue weighted by atomic mass is 9.91. The van der Waals surface area contributed by atoms with Crippen LogP contribution in [0, 0.1) is 5.82 Å². The van der Waals surface area contributed by atoms with Crippen molar-refractivity contribution in [2.75, 3.05) is 13.6 Å². The van der Waals surface area contributed by atoms with Gasteiger partial charge in [-0.2, -0.15) is 0 Å². The lowest BCUT2D eigenvalue weighted by Gasteiger charge is -2.38. The summed E-state index contributed by atoms with van der Waals surface area (Å²) in [6, 6.07) is 6.87. The Morgan fingerprint density at radius 3 is 2.67 bits per heavy atom. The molecule has 0 bridgehead atoms. The van der Waals surface area contributed by atoms with Crippen LogP contribution in [0.1, 0.15) is 18.3 Å². The van der Waals surface area contributed by atoms with Crippen molar-refractivity contribution in [1.29, 1.82) is 0 Å². The van der Waals surface area contributed by atoms with Crippen molar-refractivity contribution in [3.63, 3.8) is 0 Å². The minimum Gasteiger partial charge on any atom is -0.337 e. The Morgan fingerprint density at radius 1 is 1.38 bits per heavy atom. The Hall–Kier alpha value is -1.72. The van der Waals surface area contributed by atoms with Crippen LogP contribution < -0.4 is 5.73 Å². The van der Waals surface area contributed by atoms with Crippen molar-refractivity contribution in [2.45, 2.75) is 25.4 Å². The number of imidazole rings is 1. The predicted octanol–water partition coefficient (Wildman–Crippen LogP) is 1.95. The molecule has 2 aromatic rings. The molecule has 0 saturated heterocycles. The van der Waals surface area contributed by atoms with Crippen molar-refractivity contribution in [1.82, 2.24) is 14.5 Å². The fourth-order valence-corrected chi connectivity index (χ4v) is 2.37. The third-order valence-electron chi connectivity index (χ3n) is 4.19. The summed E-state index contributed by atoms with van der Waals surface area (Å²) in [4.78, 5) is 6.48. The van der Waals surface area contributed by atoms with E-state index in [1.54, 1.807) is 12.3 Å². The molecule has 114 valence electrons. The summed E-state index contributed by atoms with van der Waals surface area (Å²) in [5.74, 6) is 0.785. The molecule has 5 heteroatoms. The number of halogens is 1. The number of aromatic nitrogens is 2. The van der Waals surface area contributed by atoms with Gasteiger partial charge in [-0.15, -0.1) is 0 Å². The second-order valence-corrected chi connectivity index (χ2v) is 5.78. The fraction of sp³-hybridized carbons (Fsp3) is 0.438. The van der Waals surface area contributed by atoms with E-state index >= 15 is 0 Å². The summed E-state index contributed by atoms with van der Waals surface area (Å²) in [6.45, 7) is 3.18. The summed E-state index contributed by atoms with van der Waals surface area (Å²) < 4.78 is 15.9. The van der Waals surface area contributed by atoms with Crippen molar-refractivity contribution in [2.24, 2.45) is 12.8 Å². The molecule has 21 heavy (non-hydrogen) atoms. The average molecular weight is 290 g/mol. The molecule has 4 nitrogen and oxygen atoms in total. The van der Waals surface area contributed by atoms with Crippen LogP contribution >= 0.6 is 0 Å². The van der Waals surface area contributed by atoms with Gasteiger partial charge in [0.2, 0.25) is 0 Å². The van der Waals surface area contributed by atoms with Gasteiger partial charge in [0, 0.05) is 31.5 Å². The fourth-order valence-electron chi connectivity index (χ4n) is 2.37. The number of benzene rings is 1. The van der Waals surface area contributed by atoms with Crippen molar-refractivity contribution in [3.8, 4) is 0 Å². The van der Waals surface area contributed by atoms with Crippen molar-refractivity contribution in [3.05, 3.63) is 53.9 Å². The lowest BCUT2D eigenvalue weighted by molar-refractivity contribution is 0.130. The molecule has 0 radical (unpaired) electrons. The third kappa shape index (κ3) is 3.49. The number of rotatable bonds is 6. The summed E-state index contributed by atoms with van der Waals surface area (Å²) in [7, 11) is 3.97. The normalized spacial score (nSPS) is 14.4. The Balaban J connectivity index is 2.16. The van der Waals surface area contributed by atoms with Crippen molar-refractivity contribution >= 4 is 0 Å². The van der Waals surface area contributed by atoms with E-state index < -0.39 is 0 Å². The Kier molecular flexibility index (Phi) is 4.75. The van der Waals surface area contributed by atoms with Gasteiger partial charge < -0.3 is 10.3 Å². The van der Waals surface area contributed by atoms with Crippen LogP contribution in [-0.2, 0) is 20.0 Å². The maximum Gasteiger partial charge on any atom is 0.126 e. The maximum atomic E-state index is 13.9. The molecule has 0 aliphatic heterocycles. The molecule has 1 aromatic carbocycles. The van der Waals surface area contributed by atoms with Gasteiger partial charge in [0.05, 0.1) is 6.54 Å². The summed E-state index contributed by atoms with van der Waals surface area (Å²) in [6.07, 6.45) is 4.26. The van der Waals surface area contributed by atoms with Crippen LogP contribution in [0.5, 0.6) is 0 Å². The second kappa shape index (κ2) is 6.37. The van der Waals surface area contributed by atoms with Gasteiger partial charge in [-0.25, -0.2) is 9.37 Å². The molecule has 0 saturated carbocycles. The number of hydrogen-bond acceptors (Lipinski definition) is 3. The highest BCUT2D eigenvalue weighted by molar-refractivity contribution is 5.20. The highest BCUT2D eigenvalue weighted by atomic mass is 19.1. The molecule has 0 fully saturated rings. The first-order valence-electron chi connectivity index (χ1n) is 7.07. The number of nitrogens with two attached hydrogens (primary N) is 1. The third-order valence-corrected chi connectivity index (χ3v) is 4.19. The molecule has 0 aliphatic carbocycles. The first kappa shape index (κ1) is 15.7. The van der Waals surface area contributed by atoms with E-state index in [1.165, 1.54) is 6.07 Å². The molecule has 0 amide bonds. The lowest BCUT2D eigenvalue weighted by Crippen LogP contribution is -2.51. The highest BCUT2D eigenvalue weighted by Crippen LogP contribution is 2.22. The predicted molar refractivity (Wildman–Crippen MR) is 82.2 cm³/mol. The number of hydrogen-bond donors (Lipinski definition) is 1. The molecule has 0 aliphatic rings. The zero-order valence-corrected chi connectivity index (χ0v) is 12.9. The van der Waals surface area contributed by atoms with E-state index in [0.717, 1.165) is 5.82 Å². The van der Waals surface area contributed by atoms with Crippen LogP contribution in [0.15, 0.2) is 36.7 Å². The van der Waals surface area contributed by atoms with Gasteiger partial charge in [0.1, 0.15) is 11.6 Å². The van der Waals surface area contributed by atoms with Crippen LogP contribution in [0.4, 0.5) is 4.39 Å². The molecule has 2 rings (SSSR count). The van der Waals surface area contributed by atoms with E-state index in [-0.39, 0.29) is 11.4 Å². The smallest absolute Gasteiger partial charge is 0.126 e.